The smallest absolute Gasteiger partial charge is 0.223 e. The normalized spacial score (nSPS) is 13.2. The largest absolute Gasteiger partial charge is 0.472 e. The molecule has 3 heterocycles. The average molecular weight is 390 g/mol. The number of guanidine groups is 1. The number of nitrogens with zero attached hydrogens (tertiary/aromatic N) is 4. The van der Waals surface area contributed by atoms with Crippen LogP contribution in [0.5, 0.6) is 5.88 Å². The number of aliphatic imine (C=N–C) groups is 1. The van der Waals surface area contributed by atoms with Gasteiger partial charge in [-0.05, 0) is 36.2 Å². The molecule has 1 aromatic carbocycles. The maximum absolute atomic E-state index is 9.03. The van der Waals surface area contributed by atoms with Gasteiger partial charge >= 0.3 is 0 Å². The highest BCUT2D eigenvalue weighted by Crippen LogP contribution is 2.31. The molecule has 28 heavy (non-hydrogen) atoms. The van der Waals surface area contributed by atoms with Crippen molar-refractivity contribution in [2.24, 2.45) is 4.99 Å². The molecule has 0 saturated carbocycles. The highest BCUT2D eigenvalue weighted by atomic mass is 32.1. The van der Waals surface area contributed by atoms with Crippen LogP contribution in [0.1, 0.15) is 17.5 Å². The van der Waals surface area contributed by atoms with E-state index in [1.807, 2.05) is 35.7 Å². The van der Waals surface area contributed by atoms with Gasteiger partial charge in [0.15, 0.2) is 11.1 Å². The minimum Gasteiger partial charge on any atom is -0.472 e. The highest BCUT2D eigenvalue weighted by molar-refractivity contribution is 7.14. The Labute approximate surface area is 166 Å². The average Bonchev–Trinajstić information content (AvgIpc) is 3.21. The molecule has 1 aliphatic rings. The van der Waals surface area contributed by atoms with Crippen molar-refractivity contribution < 1.29 is 4.74 Å². The summed E-state index contributed by atoms with van der Waals surface area (Å²) in [4.78, 5) is 13.4. The number of thiazole rings is 1. The summed E-state index contributed by atoms with van der Waals surface area (Å²) in [6.07, 6.45) is 2.73. The summed E-state index contributed by atoms with van der Waals surface area (Å²) in [5, 5.41) is 18.2. The molecule has 2 aromatic heterocycles. The Morgan fingerprint density at radius 2 is 2.25 bits per heavy atom. The molecule has 3 aromatic rings. The third-order valence-electron chi connectivity index (χ3n) is 4.11. The first-order valence-corrected chi connectivity index (χ1v) is 9.78. The molecule has 0 radical (unpaired) electrons. The molecule has 0 fully saturated rings. The summed E-state index contributed by atoms with van der Waals surface area (Å²) in [5.74, 6) is 1.27. The quantitative estimate of drug-likeness (QED) is 0.693. The van der Waals surface area contributed by atoms with Crippen LogP contribution in [-0.4, -0.2) is 29.0 Å². The summed E-state index contributed by atoms with van der Waals surface area (Å²) in [5.41, 5.74) is 3.13. The fraction of sp³-hybridized carbons (Fsp3) is 0.200. The van der Waals surface area contributed by atoms with Crippen molar-refractivity contribution in [2.75, 3.05) is 18.4 Å². The van der Waals surface area contributed by atoms with Gasteiger partial charge in [0, 0.05) is 24.7 Å². The van der Waals surface area contributed by atoms with Gasteiger partial charge in [-0.15, -0.1) is 11.3 Å². The number of nitriles is 1. The number of ether oxygens (including phenoxy) is 1. The van der Waals surface area contributed by atoms with Crippen molar-refractivity contribution in [2.45, 2.75) is 13.0 Å². The standard InChI is InChI=1S/C20H18N6OS/c21-11-14-4-1-5-15(10-14)12-27-18-16(6-2-7-22-18)17-13-28-20(25-17)26-19-23-8-3-9-24-19/h1-2,4-7,10,13H,3,8-9,12H2,(H2,23,24,25,26). The molecule has 0 bridgehead atoms. The molecule has 0 amide bonds. The zero-order valence-electron chi connectivity index (χ0n) is 15.1. The van der Waals surface area contributed by atoms with Gasteiger partial charge in [-0.1, -0.05) is 12.1 Å². The molecule has 2 N–H and O–H groups in total. The van der Waals surface area contributed by atoms with Gasteiger partial charge in [0.25, 0.3) is 0 Å². The second-order valence-corrected chi connectivity index (χ2v) is 6.99. The van der Waals surface area contributed by atoms with Crippen LogP contribution in [0.2, 0.25) is 0 Å². The van der Waals surface area contributed by atoms with Gasteiger partial charge in [-0.25, -0.2) is 9.97 Å². The van der Waals surface area contributed by atoms with Gasteiger partial charge in [0.05, 0.1) is 22.9 Å². The van der Waals surface area contributed by atoms with E-state index in [-0.39, 0.29) is 0 Å². The number of hydrogen-bond acceptors (Lipinski definition) is 8. The number of nitrogens with one attached hydrogen (secondary N) is 2. The van der Waals surface area contributed by atoms with E-state index in [0.29, 0.717) is 18.1 Å². The molecule has 1 aliphatic heterocycles. The lowest BCUT2D eigenvalue weighted by molar-refractivity contribution is 0.295. The Bertz CT molecular complexity index is 1040. The number of hydrogen-bond donors (Lipinski definition) is 2. The van der Waals surface area contributed by atoms with Gasteiger partial charge in [0.2, 0.25) is 5.88 Å². The Hall–Kier alpha value is -3.44. The van der Waals surface area contributed by atoms with E-state index in [4.69, 9.17) is 10.00 Å². The monoisotopic (exact) mass is 390 g/mol. The van der Waals surface area contributed by atoms with Crippen molar-refractivity contribution in [3.05, 3.63) is 59.1 Å². The fourth-order valence-electron chi connectivity index (χ4n) is 2.76. The first kappa shape index (κ1) is 17.9. The summed E-state index contributed by atoms with van der Waals surface area (Å²) in [6.45, 7) is 2.06. The third kappa shape index (κ3) is 4.27. The summed E-state index contributed by atoms with van der Waals surface area (Å²) < 4.78 is 5.92. The lowest BCUT2D eigenvalue weighted by atomic mass is 10.1. The second-order valence-electron chi connectivity index (χ2n) is 6.13. The molecule has 0 saturated heterocycles. The van der Waals surface area contributed by atoms with Gasteiger partial charge in [0.1, 0.15) is 6.61 Å². The number of pyridine rings is 1. The lowest BCUT2D eigenvalue weighted by Gasteiger charge is -2.14. The van der Waals surface area contributed by atoms with Crippen LogP contribution in [0.4, 0.5) is 5.13 Å². The topological polar surface area (TPSA) is 95.2 Å². The van der Waals surface area contributed by atoms with Gasteiger partial charge in [-0.3, -0.25) is 4.99 Å². The minimum atomic E-state index is 0.329. The van der Waals surface area contributed by atoms with E-state index in [0.717, 1.165) is 47.4 Å². The van der Waals surface area contributed by atoms with Gasteiger partial charge < -0.3 is 15.4 Å². The van der Waals surface area contributed by atoms with E-state index in [2.05, 4.69) is 31.7 Å². The molecule has 8 heteroatoms. The molecule has 4 rings (SSSR count). The summed E-state index contributed by atoms with van der Waals surface area (Å²) >= 11 is 1.50. The maximum Gasteiger partial charge on any atom is 0.223 e. The second kappa shape index (κ2) is 8.50. The van der Waals surface area contributed by atoms with Crippen molar-refractivity contribution in [1.29, 1.82) is 5.26 Å². The van der Waals surface area contributed by atoms with Crippen LogP contribution in [0.25, 0.3) is 11.3 Å². The number of aromatic nitrogens is 2. The predicted octanol–water partition coefficient (Wildman–Crippen LogP) is 3.42. The zero-order chi connectivity index (χ0) is 19.2. The van der Waals surface area contributed by atoms with E-state index in [1.54, 1.807) is 12.3 Å². The summed E-state index contributed by atoms with van der Waals surface area (Å²) in [7, 11) is 0. The van der Waals surface area contributed by atoms with Crippen LogP contribution in [0, 0.1) is 11.3 Å². The Balaban J connectivity index is 1.50. The van der Waals surface area contributed by atoms with Crippen LogP contribution in [-0.2, 0) is 6.61 Å². The molecule has 140 valence electrons. The first-order valence-electron chi connectivity index (χ1n) is 8.90. The maximum atomic E-state index is 9.03. The highest BCUT2D eigenvalue weighted by Gasteiger charge is 2.13. The Morgan fingerprint density at radius 1 is 1.29 bits per heavy atom. The lowest BCUT2D eigenvalue weighted by Crippen LogP contribution is -2.35. The SMILES string of the molecule is N#Cc1cccc(COc2ncccc2-c2csc(NC3=NCCCN3)n2)c1. The van der Waals surface area contributed by atoms with Crippen LogP contribution >= 0.6 is 11.3 Å². The predicted molar refractivity (Wildman–Crippen MR) is 109 cm³/mol. The zero-order valence-corrected chi connectivity index (χ0v) is 15.9. The molecule has 0 unspecified atom stereocenters. The minimum absolute atomic E-state index is 0.329. The Kier molecular flexibility index (Phi) is 5.45. The number of rotatable bonds is 5. The molecule has 0 spiro atoms. The Morgan fingerprint density at radius 3 is 3.11 bits per heavy atom. The van der Waals surface area contributed by atoms with Gasteiger partial charge in [-0.2, -0.15) is 5.26 Å². The number of anilines is 1. The molecule has 0 atom stereocenters. The molecular formula is C20H18N6OS. The molecule has 0 aliphatic carbocycles. The molecule has 7 nitrogen and oxygen atoms in total. The van der Waals surface area contributed by atoms with Crippen molar-refractivity contribution >= 4 is 22.4 Å². The van der Waals surface area contributed by atoms with Crippen molar-refractivity contribution in [3.63, 3.8) is 0 Å². The van der Waals surface area contributed by atoms with Crippen LogP contribution in [0.3, 0.4) is 0 Å². The van der Waals surface area contributed by atoms with Crippen LogP contribution in [0.15, 0.2) is 53.0 Å². The fourth-order valence-corrected chi connectivity index (χ4v) is 3.47. The third-order valence-corrected chi connectivity index (χ3v) is 4.86. The van der Waals surface area contributed by atoms with E-state index in [1.165, 1.54) is 11.3 Å². The van der Waals surface area contributed by atoms with E-state index in [9.17, 15) is 0 Å². The van der Waals surface area contributed by atoms with Crippen molar-refractivity contribution in [3.8, 4) is 23.2 Å². The summed E-state index contributed by atoms with van der Waals surface area (Å²) in [6, 6.07) is 13.3. The van der Waals surface area contributed by atoms with Crippen LogP contribution < -0.4 is 15.4 Å². The van der Waals surface area contributed by atoms with E-state index >= 15 is 0 Å². The molecular weight excluding hydrogens is 372 g/mol. The first-order chi connectivity index (χ1) is 13.8. The van der Waals surface area contributed by atoms with E-state index < -0.39 is 0 Å². The number of benzene rings is 1. The van der Waals surface area contributed by atoms with Crippen molar-refractivity contribution in [1.82, 2.24) is 15.3 Å².